The zero-order chi connectivity index (χ0) is 12.7. The molecule has 0 aromatic carbocycles. The standard InChI is InChI=1S/C15H32N2/c1-4-14(3)17(5-2)12-11-15(13-16)9-7-6-8-10-15/h14H,4-13,16H2,1-3H3. The lowest BCUT2D eigenvalue weighted by molar-refractivity contribution is 0.129. The maximum absolute atomic E-state index is 6.06. The zero-order valence-corrected chi connectivity index (χ0v) is 12.2. The highest BCUT2D eigenvalue weighted by atomic mass is 15.1. The van der Waals surface area contributed by atoms with Gasteiger partial charge in [-0.2, -0.15) is 0 Å². The first kappa shape index (κ1) is 15.0. The fourth-order valence-corrected chi connectivity index (χ4v) is 3.19. The van der Waals surface area contributed by atoms with Crippen LogP contribution >= 0.6 is 0 Å². The van der Waals surface area contributed by atoms with Crippen molar-refractivity contribution >= 4 is 0 Å². The van der Waals surface area contributed by atoms with Gasteiger partial charge in [0.25, 0.3) is 0 Å². The molecule has 0 aromatic rings. The fourth-order valence-electron chi connectivity index (χ4n) is 3.19. The summed E-state index contributed by atoms with van der Waals surface area (Å²) >= 11 is 0. The first-order chi connectivity index (χ1) is 8.17. The Hall–Kier alpha value is -0.0800. The molecule has 2 nitrogen and oxygen atoms in total. The molecular formula is C15H32N2. The van der Waals surface area contributed by atoms with E-state index in [1.807, 2.05) is 0 Å². The smallest absolute Gasteiger partial charge is 0.00641 e. The van der Waals surface area contributed by atoms with E-state index in [0.717, 1.165) is 12.6 Å². The molecule has 1 aliphatic carbocycles. The highest BCUT2D eigenvalue weighted by Gasteiger charge is 2.30. The van der Waals surface area contributed by atoms with Crippen LogP contribution < -0.4 is 5.73 Å². The predicted molar refractivity (Wildman–Crippen MR) is 76.2 cm³/mol. The highest BCUT2D eigenvalue weighted by Crippen LogP contribution is 2.38. The lowest BCUT2D eigenvalue weighted by Gasteiger charge is -2.39. The molecule has 0 aromatic heterocycles. The van der Waals surface area contributed by atoms with E-state index in [4.69, 9.17) is 5.73 Å². The summed E-state index contributed by atoms with van der Waals surface area (Å²) in [7, 11) is 0. The largest absolute Gasteiger partial charge is 0.330 e. The summed E-state index contributed by atoms with van der Waals surface area (Å²) < 4.78 is 0. The number of hydrogen-bond acceptors (Lipinski definition) is 2. The second-order valence-corrected chi connectivity index (χ2v) is 5.90. The molecular weight excluding hydrogens is 208 g/mol. The van der Waals surface area contributed by atoms with E-state index in [1.54, 1.807) is 0 Å². The second kappa shape index (κ2) is 7.38. The van der Waals surface area contributed by atoms with E-state index in [1.165, 1.54) is 58.0 Å². The van der Waals surface area contributed by atoms with Crippen LogP contribution in [0.1, 0.15) is 65.7 Å². The van der Waals surface area contributed by atoms with E-state index in [-0.39, 0.29) is 0 Å². The normalized spacial score (nSPS) is 21.7. The molecule has 1 rings (SSSR count). The number of rotatable bonds is 7. The quantitative estimate of drug-likeness (QED) is 0.739. The van der Waals surface area contributed by atoms with Gasteiger partial charge in [-0.3, -0.25) is 0 Å². The molecule has 17 heavy (non-hydrogen) atoms. The molecule has 1 saturated carbocycles. The van der Waals surface area contributed by atoms with Crippen molar-refractivity contribution in [2.24, 2.45) is 11.1 Å². The van der Waals surface area contributed by atoms with E-state index < -0.39 is 0 Å². The summed E-state index contributed by atoms with van der Waals surface area (Å²) in [6.45, 7) is 10.2. The molecule has 0 bridgehead atoms. The third-order valence-electron chi connectivity index (χ3n) is 4.90. The van der Waals surface area contributed by atoms with Crippen molar-refractivity contribution in [2.45, 2.75) is 71.8 Å². The van der Waals surface area contributed by atoms with E-state index >= 15 is 0 Å². The molecule has 2 heteroatoms. The number of nitrogens with zero attached hydrogens (tertiary/aromatic N) is 1. The summed E-state index contributed by atoms with van der Waals surface area (Å²) in [6, 6.07) is 0.721. The first-order valence-electron chi connectivity index (χ1n) is 7.61. The number of hydrogen-bond donors (Lipinski definition) is 1. The molecule has 1 fully saturated rings. The van der Waals surface area contributed by atoms with Crippen LogP contribution in [0.5, 0.6) is 0 Å². The summed E-state index contributed by atoms with van der Waals surface area (Å²) in [4.78, 5) is 2.62. The van der Waals surface area contributed by atoms with Crippen LogP contribution in [0.4, 0.5) is 0 Å². The minimum Gasteiger partial charge on any atom is -0.330 e. The molecule has 0 aliphatic heterocycles. The van der Waals surface area contributed by atoms with Crippen LogP contribution in [0.25, 0.3) is 0 Å². The SMILES string of the molecule is CCC(C)N(CC)CCC1(CN)CCCCC1. The van der Waals surface area contributed by atoms with Crippen molar-refractivity contribution in [3.8, 4) is 0 Å². The molecule has 0 radical (unpaired) electrons. The third-order valence-corrected chi connectivity index (χ3v) is 4.90. The van der Waals surface area contributed by atoms with Gasteiger partial charge in [0.15, 0.2) is 0 Å². The van der Waals surface area contributed by atoms with Crippen molar-refractivity contribution in [2.75, 3.05) is 19.6 Å². The van der Waals surface area contributed by atoms with Gasteiger partial charge in [-0.05, 0) is 57.7 Å². The Labute approximate surface area is 108 Å². The Bertz CT molecular complexity index is 197. The van der Waals surface area contributed by atoms with Gasteiger partial charge in [0.05, 0.1) is 0 Å². The second-order valence-electron chi connectivity index (χ2n) is 5.90. The molecule has 1 aliphatic rings. The van der Waals surface area contributed by atoms with E-state index in [2.05, 4.69) is 25.7 Å². The van der Waals surface area contributed by atoms with Gasteiger partial charge in [0.1, 0.15) is 0 Å². The monoisotopic (exact) mass is 240 g/mol. The third kappa shape index (κ3) is 4.26. The summed E-state index contributed by atoms with van der Waals surface area (Å²) in [5.41, 5.74) is 6.53. The molecule has 0 heterocycles. The Morgan fingerprint density at radius 3 is 2.29 bits per heavy atom. The fraction of sp³-hybridized carbons (Fsp3) is 1.00. The summed E-state index contributed by atoms with van der Waals surface area (Å²) in [6.07, 6.45) is 9.50. The van der Waals surface area contributed by atoms with Gasteiger partial charge in [0.2, 0.25) is 0 Å². The van der Waals surface area contributed by atoms with Crippen molar-refractivity contribution in [1.82, 2.24) is 4.90 Å². The summed E-state index contributed by atoms with van der Waals surface area (Å²) in [5.74, 6) is 0. The molecule has 1 atom stereocenters. The van der Waals surface area contributed by atoms with Crippen LogP contribution in [0, 0.1) is 5.41 Å². The van der Waals surface area contributed by atoms with Crippen LogP contribution in [0.3, 0.4) is 0 Å². The Morgan fingerprint density at radius 2 is 1.82 bits per heavy atom. The van der Waals surface area contributed by atoms with Crippen molar-refractivity contribution in [3.05, 3.63) is 0 Å². The van der Waals surface area contributed by atoms with Gasteiger partial charge < -0.3 is 10.6 Å². The van der Waals surface area contributed by atoms with Gasteiger partial charge in [-0.15, -0.1) is 0 Å². The Balaban J connectivity index is 2.45. The zero-order valence-electron chi connectivity index (χ0n) is 12.2. The van der Waals surface area contributed by atoms with Crippen LogP contribution in [-0.2, 0) is 0 Å². The average molecular weight is 240 g/mol. The Kier molecular flexibility index (Phi) is 6.50. The van der Waals surface area contributed by atoms with Gasteiger partial charge in [-0.25, -0.2) is 0 Å². The molecule has 1 unspecified atom stereocenters. The lowest BCUT2D eigenvalue weighted by Crippen LogP contribution is -2.40. The van der Waals surface area contributed by atoms with Crippen LogP contribution in [0.2, 0.25) is 0 Å². The lowest BCUT2D eigenvalue weighted by atomic mass is 9.72. The Morgan fingerprint density at radius 1 is 1.18 bits per heavy atom. The molecule has 0 amide bonds. The van der Waals surface area contributed by atoms with Crippen molar-refractivity contribution in [3.63, 3.8) is 0 Å². The molecule has 0 saturated heterocycles. The predicted octanol–water partition coefficient (Wildman–Crippen LogP) is 3.41. The van der Waals surface area contributed by atoms with E-state index in [0.29, 0.717) is 5.41 Å². The molecule has 102 valence electrons. The van der Waals surface area contributed by atoms with Crippen LogP contribution in [0.15, 0.2) is 0 Å². The molecule has 2 N–H and O–H groups in total. The number of nitrogens with two attached hydrogens (primary N) is 1. The first-order valence-corrected chi connectivity index (χ1v) is 7.61. The van der Waals surface area contributed by atoms with Gasteiger partial charge >= 0.3 is 0 Å². The topological polar surface area (TPSA) is 29.3 Å². The minimum atomic E-state index is 0.471. The molecule has 0 spiro atoms. The minimum absolute atomic E-state index is 0.471. The van der Waals surface area contributed by atoms with Gasteiger partial charge in [0, 0.05) is 6.04 Å². The van der Waals surface area contributed by atoms with E-state index in [9.17, 15) is 0 Å². The van der Waals surface area contributed by atoms with Gasteiger partial charge in [-0.1, -0.05) is 33.1 Å². The van der Waals surface area contributed by atoms with Crippen molar-refractivity contribution in [1.29, 1.82) is 0 Å². The maximum atomic E-state index is 6.06. The van der Waals surface area contributed by atoms with Crippen LogP contribution in [-0.4, -0.2) is 30.6 Å². The summed E-state index contributed by atoms with van der Waals surface area (Å²) in [5, 5.41) is 0. The maximum Gasteiger partial charge on any atom is 0.00641 e. The highest BCUT2D eigenvalue weighted by molar-refractivity contribution is 4.85. The average Bonchev–Trinajstić information content (AvgIpc) is 2.40. The van der Waals surface area contributed by atoms with Crippen molar-refractivity contribution < 1.29 is 0 Å².